The highest BCUT2D eigenvalue weighted by Crippen LogP contribution is 2.28. The van der Waals surface area contributed by atoms with Crippen molar-refractivity contribution in [1.29, 1.82) is 0 Å². The molecule has 1 fully saturated rings. The van der Waals surface area contributed by atoms with Crippen LogP contribution in [0.4, 0.5) is 5.82 Å². The van der Waals surface area contributed by atoms with Crippen LogP contribution in [0.25, 0.3) is 16.9 Å². The Hall–Kier alpha value is -3.01. The molecule has 2 aliphatic rings. The fourth-order valence-corrected chi connectivity index (χ4v) is 4.47. The van der Waals surface area contributed by atoms with Gasteiger partial charge in [-0.25, -0.2) is 4.98 Å². The summed E-state index contributed by atoms with van der Waals surface area (Å²) >= 11 is 0. The molecule has 168 valence electrons. The van der Waals surface area contributed by atoms with Gasteiger partial charge in [0.15, 0.2) is 0 Å². The number of benzene rings is 1. The Morgan fingerprint density at radius 1 is 1.19 bits per heavy atom. The predicted octanol–water partition coefficient (Wildman–Crippen LogP) is 1.64. The van der Waals surface area contributed by atoms with Crippen LogP contribution in [0.2, 0.25) is 0 Å². The Morgan fingerprint density at radius 3 is 2.84 bits per heavy atom. The van der Waals surface area contributed by atoms with Gasteiger partial charge in [-0.1, -0.05) is 6.07 Å². The number of fused-ring (bicyclic) bond motifs is 2. The molecule has 0 radical (unpaired) electrons. The molecular weight excluding hydrogens is 408 g/mol. The summed E-state index contributed by atoms with van der Waals surface area (Å²) in [4.78, 5) is 24.1. The van der Waals surface area contributed by atoms with Crippen molar-refractivity contribution >= 4 is 22.6 Å². The summed E-state index contributed by atoms with van der Waals surface area (Å²) in [6.45, 7) is 8.32. The SMILES string of the molecule is Cc1cc2c(C(N)=O)cccc2n1-c1nc2c(c(NCCN3CCOCC3)n1)COCC2. The summed E-state index contributed by atoms with van der Waals surface area (Å²) in [5, 5.41) is 4.33. The molecule has 0 bridgehead atoms. The number of primary amides is 1. The lowest BCUT2D eigenvalue weighted by Gasteiger charge is -2.27. The smallest absolute Gasteiger partial charge is 0.249 e. The molecule has 9 nitrogen and oxygen atoms in total. The van der Waals surface area contributed by atoms with Crippen molar-refractivity contribution in [3.05, 3.63) is 46.8 Å². The van der Waals surface area contributed by atoms with Crippen molar-refractivity contribution in [2.75, 3.05) is 51.3 Å². The third kappa shape index (κ3) is 3.94. The van der Waals surface area contributed by atoms with Gasteiger partial charge in [0.25, 0.3) is 0 Å². The van der Waals surface area contributed by atoms with Crippen LogP contribution < -0.4 is 11.1 Å². The zero-order valence-corrected chi connectivity index (χ0v) is 18.3. The maximum atomic E-state index is 11.9. The van der Waals surface area contributed by atoms with E-state index in [9.17, 15) is 4.79 Å². The quantitative estimate of drug-likeness (QED) is 0.605. The van der Waals surface area contributed by atoms with Gasteiger partial charge in [0.1, 0.15) is 5.82 Å². The van der Waals surface area contributed by atoms with Crippen LogP contribution in [0.1, 0.15) is 27.3 Å². The summed E-state index contributed by atoms with van der Waals surface area (Å²) in [7, 11) is 0. The number of morpholine rings is 1. The highest BCUT2D eigenvalue weighted by molar-refractivity contribution is 6.06. The van der Waals surface area contributed by atoms with E-state index in [4.69, 9.17) is 25.2 Å². The molecular formula is C23H28N6O3. The van der Waals surface area contributed by atoms with Gasteiger partial charge >= 0.3 is 0 Å². The first kappa shape index (κ1) is 20.9. The van der Waals surface area contributed by atoms with Crippen LogP contribution >= 0.6 is 0 Å². The van der Waals surface area contributed by atoms with E-state index in [0.29, 0.717) is 24.7 Å². The molecule has 32 heavy (non-hydrogen) atoms. The topological polar surface area (TPSA) is 108 Å². The number of carbonyl (C=O) groups is 1. The van der Waals surface area contributed by atoms with E-state index < -0.39 is 5.91 Å². The zero-order chi connectivity index (χ0) is 22.1. The number of ether oxygens (including phenoxy) is 2. The number of aryl methyl sites for hydroxylation is 1. The van der Waals surface area contributed by atoms with E-state index in [1.807, 2.05) is 29.7 Å². The first-order valence-electron chi connectivity index (χ1n) is 11.0. The summed E-state index contributed by atoms with van der Waals surface area (Å²) in [6, 6.07) is 7.52. The minimum atomic E-state index is -0.443. The van der Waals surface area contributed by atoms with Crippen LogP contribution in [0.3, 0.4) is 0 Å². The van der Waals surface area contributed by atoms with Crippen LogP contribution in [0.5, 0.6) is 0 Å². The lowest BCUT2D eigenvalue weighted by Crippen LogP contribution is -2.39. The summed E-state index contributed by atoms with van der Waals surface area (Å²) in [5.41, 5.74) is 9.93. The number of hydrogen-bond acceptors (Lipinski definition) is 7. The van der Waals surface area contributed by atoms with Crippen molar-refractivity contribution in [1.82, 2.24) is 19.4 Å². The van der Waals surface area contributed by atoms with Crippen molar-refractivity contribution < 1.29 is 14.3 Å². The van der Waals surface area contributed by atoms with E-state index in [0.717, 1.165) is 79.5 Å². The van der Waals surface area contributed by atoms with Gasteiger partial charge in [-0.3, -0.25) is 14.3 Å². The maximum absolute atomic E-state index is 11.9. The van der Waals surface area contributed by atoms with E-state index in [-0.39, 0.29) is 0 Å². The second kappa shape index (κ2) is 8.85. The monoisotopic (exact) mass is 436 g/mol. The van der Waals surface area contributed by atoms with Crippen LogP contribution in [0.15, 0.2) is 24.3 Å². The van der Waals surface area contributed by atoms with Gasteiger partial charge in [-0.2, -0.15) is 4.98 Å². The van der Waals surface area contributed by atoms with E-state index >= 15 is 0 Å². The molecule has 0 atom stereocenters. The minimum absolute atomic E-state index is 0.443. The van der Waals surface area contributed by atoms with E-state index in [1.165, 1.54) is 0 Å². The number of aromatic nitrogens is 3. The molecule has 5 rings (SSSR count). The predicted molar refractivity (Wildman–Crippen MR) is 121 cm³/mol. The molecule has 9 heteroatoms. The molecule has 1 aromatic carbocycles. The largest absolute Gasteiger partial charge is 0.379 e. The van der Waals surface area contributed by atoms with Crippen LogP contribution in [-0.4, -0.2) is 71.3 Å². The Labute approximate surface area is 186 Å². The molecule has 0 saturated carbocycles. The third-order valence-corrected chi connectivity index (χ3v) is 6.13. The Morgan fingerprint density at radius 2 is 2.03 bits per heavy atom. The first-order valence-corrected chi connectivity index (χ1v) is 11.0. The van der Waals surface area contributed by atoms with E-state index in [2.05, 4.69) is 10.2 Å². The number of rotatable bonds is 6. The average Bonchev–Trinajstić information content (AvgIpc) is 3.15. The molecule has 4 heterocycles. The average molecular weight is 437 g/mol. The number of nitrogens with zero attached hydrogens (tertiary/aromatic N) is 4. The van der Waals surface area contributed by atoms with Gasteiger partial charge in [0.05, 0.1) is 37.6 Å². The van der Waals surface area contributed by atoms with E-state index in [1.54, 1.807) is 6.07 Å². The summed E-state index contributed by atoms with van der Waals surface area (Å²) in [6.07, 6.45) is 0.744. The van der Waals surface area contributed by atoms with Crippen LogP contribution in [-0.2, 0) is 22.5 Å². The van der Waals surface area contributed by atoms with Crippen LogP contribution in [0, 0.1) is 6.92 Å². The van der Waals surface area contributed by atoms with Gasteiger partial charge in [0, 0.05) is 54.8 Å². The Balaban J connectivity index is 1.51. The van der Waals surface area contributed by atoms with Gasteiger partial charge < -0.3 is 20.5 Å². The van der Waals surface area contributed by atoms with Crippen molar-refractivity contribution in [3.63, 3.8) is 0 Å². The number of nitrogens with one attached hydrogen (secondary N) is 1. The van der Waals surface area contributed by atoms with Crippen molar-refractivity contribution in [3.8, 4) is 5.95 Å². The lowest BCUT2D eigenvalue weighted by molar-refractivity contribution is 0.0398. The molecule has 0 spiro atoms. The second-order valence-electron chi connectivity index (χ2n) is 8.20. The fraction of sp³-hybridized carbons (Fsp3) is 0.435. The first-order chi connectivity index (χ1) is 15.6. The maximum Gasteiger partial charge on any atom is 0.249 e. The van der Waals surface area contributed by atoms with Gasteiger partial charge in [0.2, 0.25) is 11.9 Å². The number of carbonyl (C=O) groups excluding carboxylic acids is 1. The normalized spacial score (nSPS) is 16.8. The summed E-state index contributed by atoms with van der Waals surface area (Å²) in [5.74, 6) is 0.959. The highest BCUT2D eigenvalue weighted by atomic mass is 16.5. The fourth-order valence-electron chi connectivity index (χ4n) is 4.47. The lowest BCUT2D eigenvalue weighted by atomic mass is 10.1. The molecule has 0 aliphatic carbocycles. The van der Waals surface area contributed by atoms with Gasteiger partial charge in [-0.15, -0.1) is 0 Å². The zero-order valence-electron chi connectivity index (χ0n) is 18.3. The Kier molecular flexibility index (Phi) is 5.77. The second-order valence-corrected chi connectivity index (χ2v) is 8.20. The molecule has 2 aromatic heterocycles. The molecule has 0 unspecified atom stereocenters. The molecule has 1 amide bonds. The molecule has 3 N–H and O–H groups in total. The Bertz CT molecular complexity index is 1150. The number of hydrogen-bond donors (Lipinski definition) is 2. The van der Waals surface area contributed by atoms with Gasteiger partial charge in [-0.05, 0) is 25.1 Å². The van der Waals surface area contributed by atoms with Crippen molar-refractivity contribution in [2.24, 2.45) is 5.73 Å². The summed E-state index contributed by atoms with van der Waals surface area (Å²) < 4.78 is 13.1. The molecule has 2 aliphatic heterocycles. The number of amides is 1. The standard InChI is InChI=1S/C23H28N6O3/c1-15-13-17-16(21(24)30)3-2-4-20(17)29(15)23-26-19-5-10-32-14-18(19)22(27-23)25-6-7-28-8-11-31-12-9-28/h2-4,13H,5-12,14H2,1H3,(H2,24,30)(H,25,26,27). The highest BCUT2D eigenvalue weighted by Gasteiger charge is 2.22. The molecule has 1 saturated heterocycles. The minimum Gasteiger partial charge on any atom is -0.379 e. The molecule has 3 aromatic rings. The van der Waals surface area contributed by atoms with Crippen molar-refractivity contribution in [2.45, 2.75) is 20.0 Å². The third-order valence-electron chi connectivity index (χ3n) is 6.13. The number of nitrogens with two attached hydrogens (primary N) is 1. The number of anilines is 1.